The molecule has 0 aliphatic heterocycles. The number of imidazole rings is 1. The van der Waals surface area contributed by atoms with Gasteiger partial charge in [0.2, 0.25) is 0 Å². The maximum absolute atomic E-state index is 6.05. The van der Waals surface area contributed by atoms with E-state index >= 15 is 0 Å². The van der Waals surface area contributed by atoms with E-state index in [2.05, 4.69) is 41.6 Å². The molecule has 4 heteroatoms. The summed E-state index contributed by atoms with van der Waals surface area (Å²) in [7, 11) is 0. The van der Waals surface area contributed by atoms with Crippen molar-refractivity contribution in [3.05, 3.63) is 42.1 Å². The molecule has 102 valence electrons. The van der Waals surface area contributed by atoms with E-state index in [0.717, 1.165) is 35.5 Å². The molecule has 0 saturated heterocycles. The number of aromatic nitrogens is 3. The first kappa shape index (κ1) is 12.7. The van der Waals surface area contributed by atoms with E-state index in [0.29, 0.717) is 5.69 Å². The quantitative estimate of drug-likeness (QED) is 0.790. The van der Waals surface area contributed by atoms with Crippen LogP contribution in [0.2, 0.25) is 0 Å². The van der Waals surface area contributed by atoms with Crippen LogP contribution in [0.5, 0.6) is 0 Å². The van der Waals surface area contributed by atoms with Crippen molar-refractivity contribution in [1.29, 1.82) is 0 Å². The molecule has 3 rings (SSSR count). The van der Waals surface area contributed by atoms with Gasteiger partial charge in [-0.05, 0) is 43.2 Å². The summed E-state index contributed by atoms with van der Waals surface area (Å²) in [6.07, 6.45) is 2.80. The van der Waals surface area contributed by atoms with Crippen LogP contribution >= 0.6 is 0 Å². The van der Waals surface area contributed by atoms with Crippen molar-refractivity contribution < 1.29 is 0 Å². The van der Waals surface area contributed by atoms with Gasteiger partial charge in [-0.2, -0.15) is 0 Å². The zero-order chi connectivity index (χ0) is 14.1. The van der Waals surface area contributed by atoms with Gasteiger partial charge in [0.25, 0.3) is 0 Å². The molecule has 0 atom stereocenters. The number of aryl methyl sites for hydroxylation is 2. The SMILES string of the molecule is CCCn1c(-c2ncccc2N)nc2cc(C)ccc21. The predicted octanol–water partition coefficient (Wildman–Crippen LogP) is 3.40. The number of hydrogen-bond donors (Lipinski definition) is 1. The van der Waals surface area contributed by atoms with Crippen molar-refractivity contribution in [2.24, 2.45) is 0 Å². The molecule has 4 nitrogen and oxygen atoms in total. The number of hydrogen-bond acceptors (Lipinski definition) is 3. The molecule has 0 amide bonds. The summed E-state index contributed by atoms with van der Waals surface area (Å²) in [4.78, 5) is 9.14. The molecular formula is C16H18N4. The van der Waals surface area contributed by atoms with Gasteiger partial charge in [-0.3, -0.25) is 4.98 Å². The first-order valence-corrected chi connectivity index (χ1v) is 6.88. The minimum Gasteiger partial charge on any atom is -0.397 e. The van der Waals surface area contributed by atoms with Crippen molar-refractivity contribution in [2.75, 3.05) is 5.73 Å². The Hall–Kier alpha value is -2.36. The molecular weight excluding hydrogens is 248 g/mol. The Balaban J connectivity index is 2.29. The summed E-state index contributed by atoms with van der Waals surface area (Å²) < 4.78 is 2.20. The van der Waals surface area contributed by atoms with Crippen molar-refractivity contribution in [1.82, 2.24) is 14.5 Å². The first-order valence-electron chi connectivity index (χ1n) is 6.88. The topological polar surface area (TPSA) is 56.7 Å². The van der Waals surface area contributed by atoms with Gasteiger partial charge in [0, 0.05) is 12.7 Å². The number of nitrogens with two attached hydrogens (primary N) is 1. The van der Waals surface area contributed by atoms with Gasteiger partial charge in [-0.25, -0.2) is 4.98 Å². The molecule has 0 bridgehead atoms. The Morgan fingerprint density at radius 2 is 2.10 bits per heavy atom. The van der Waals surface area contributed by atoms with Crippen molar-refractivity contribution >= 4 is 16.7 Å². The monoisotopic (exact) mass is 266 g/mol. The smallest absolute Gasteiger partial charge is 0.161 e. The number of fused-ring (bicyclic) bond motifs is 1. The lowest BCUT2D eigenvalue weighted by Gasteiger charge is -2.08. The second kappa shape index (κ2) is 4.96. The van der Waals surface area contributed by atoms with E-state index in [1.165, 1.54) is 5.56 Å². The summed E-state index contributed by atoms with van der Waals surface area (Å²) in [5.74, 6) is 0.852. The Kier molecular flexibility index (Phi) is 3.14. The van der Waals surface area contributed by atoms with Crippen LogP contribution in [0.3, 0.4) is 0 Å². The van der Waals surface area contributed by atoms with Crippen LogP contribution in [-0.4, -0.2) is 14.5 Å². The zero-order valence-electron chi connectivity index (χ0n) is 11.8. The number of nitrogen functional groups attached to an aromatic ring is 1. The van der Waals surface area contributed by atoms with Crippen molar-refractivity contribution in [3.8, 4) is 11.5 Å². The third kappa shape index (κ3) is 2.03. The number of rotatable bonds is 3. The highest BCUT2D eigenvalue weighted by Crippen LogP contribution is 2.27. The van der Waals surface area contributed by atoms with Crippen LogP contribution < -0.4 is 5.73 Å². The molecule has 1 aromatic carbocycles. The Morgan fingerprint density at radius 3 is 2.85 bits per heavy atom. The molecule has 0 fully saturated rings. The van der Waals surface area contributed by atoms with Crippen LogP contribution in [0.4, 0.5) is 5.69 Å². The van der Waals surface area contributed by atoms with Crippen LogP contribution in [0.1, 0.15) is 18.9 Å². The average Bonchev–Trinajstić information content (AvgIpc) is 2.77. The summed E-state index contributed by atoms with van der Waals surface area (Å²) in [5, 5.41) is 0. The highest BCUT2D eigenvalue weighted by molar-refractivity contribution is 5.82. The van der Waals surface area contributed by atoms with E-state index in [4.69, 9.17) is 10.7 Å². The summed E-state index contributed by atoms with van der Waals surface area (Å²) in [5.41, 5.74) is 10.8. The van der Waals surface area contributed by atoms with Gasteiger partial charge < -0.3 is 10.3 Å². The van der Waals surface area contributed by atoms with Gasteiger partial charge in [-0.1, -0.05) is 13.0 Å². The number of pyridine rings is 1. The standard InChI is InChI=1S/C16H18N4/c1-3-9-20-14-7-6-11(2)10-13(14)19-16(20)15-12(17)5-4-8-18-15/h4-8,10H,3,9,17H2,1-2H3. The number of benzene rings is 1. The number of nitrogens with zero attached hydrogens (tertiary/aromatic N) is 3. The highest BCUT2D eigenvalue weighted by Gasteiger charge is 2.15. The molecule has 0 saturated carbocycles. The van der Waals surface area contributed by atoms with E-state index < -0.39 is 0 Å². The van der Waals surface area contributed by atoms with Gasteiger partial charge in [0.15, 0.2) is 5.82 Å². The lowest BCUT2D eigenvalue weighted by atomic mass is 10.2. The third-order valence-corrected chi connectivity index (χ3v) is 3.40. The van der Waals surface area contributed by atoms with E-state index in [1.807, 2.05) is 12.1 Å². The highest BCUT2D eigenvalue weighted by atomic mass is 15.1. The second-order valence-electron chi connectivity index (χ2n) is 5.02. The lowest BCUT2D eigenvalue weighted by molar-refractivity contribution is 0.702. The predicted molar refractivity (Wildman–Crippen MR) is 82.4 cm³/mol. The minimum atomic E-state index is 0.664. The maximum Gasteiger partial charge on any atom is 0.161 e. The molecule has 2 N–H and O–H groups in total. The molecule has 3 aromatic rings. The van der Waals surface area contributed by atoms with Crippen LogP contribution in [0.15, 0.2) is 36.5 Å². The fraction of sp³-hybridized carbons (Fsp3) is 0.250. The van der Waals surface area contributed by atoms with E-state index in [9.17, 15) is 0 Å². The Bertz CT molecular complexity index is 758. The maximum atomic E-state index is 6.05. The summed E-state index contributed by atoms with van der Waals surface area (Å²) in [6, 6.07) is 10.0. The molecule has 0 aliphatic carbocycles. The summed E-state index contributed by atoms with van der Waals surface area (Å²) >= 11 is 0. The zero-order valence-corrected chi connectivity index (χ0v) is 11.8. The van der Waals surface area contributed by atoms with E-state index in [1.54, 1.807) is 6.20 Å². The molecule has 0 spiro atoms. The second-order valence-corrected chi connectivity index (χ2v) is 5.02. The van der Waals surface area contributed by atoms with Crippen LogP contribution in [0, 0.1) is 6.92 Å². The Morgan fingerprint density at radius 1 is 1.25 bits per heavy atom. The normalized spacial score (nSPS) is 11.1. The first-order chi connectivity index (χ1) is 9.70. The summed E-state index contributed by atoms with van der Waals surface area (Å²) in [6.45, 7) is 5.14. The molecule has 0 radical (unpaired) electrons. The van der Waals surface area contributed by atoms with Crippen LogP contribution in [-0.2, 0) is 6.54 Å². The van der Waals surface area contributed by atoms with Gasteiger partial charge >= 0.3 is 0 Å². The van der Waals surface area contributed by atoms with Gasteiger partial charge in [-0.15, -0.1) is 0 Å². The molecule has 0 unspecified atom stereocenters. The largest absolute Gasteiger partial charge is 0.397 e. The minimum absolute atomic E-state index is 0.664. The van der Waals surface area contributed by atoms with Crippen molar-refractivity contribution in [3.63, 3.8) is 0 Å². The van der Waals surface area contributed by atoms with Crippen molar-refractivity contribution in [2.45, 2.75) is 26.8 Å². The fourth-order valence-corrected chi connectivity index (χ4v) is 2.48. The molecule has 2 heterocycles. The average molecular weight is 266 g/mol. The fourth-order valence-electron chi connectivity index (χ4n) is 2.48. The van der Waals surface area contributed by atoms with Gasteiger partial charge in [0.1, 0.15) is 5.69 Å². The van der Waals surface area contributed by atoms with Crippen LogP contribution in [0.25, 0.3) is 22.6 Å². The van der Waals surface area contributed by atoms with E-state index in [-0.39, 0.29) is 0 Å². The Labute approximate surface area is 118 Å². The molecule has 20 heavy (non-hydrogen) atoms. The number of anilines is 1. The van der Waals surface area contributed by atoms with Gasteiger partial charge in [0.05, 0.1) is 16.7 Å². The lowest BCUT2D eigenvalue weighted by Crippen LogP contribution is -2.03. The molecule has 2 aromatic heterocycles. The third-order valence-electron chi connectivity index (χ3n) is 3.40. The molecule has 0 aliphatic rings.